The van der Waals surface area contributed by atoms with Crippen LogP contribution >= 0.6 is 0 Å². The fourth-order valence-electron chi connectivity index (χ4n) is 3.13. The smallest absolute Gasteiger partial charge is 0.287 e. The molecule has 4 rings (SSSR count). The largest absolute Gasteiger partial charge is 0.451 e. The van der Waals surface area contributed by atoms with Gasteiger partial charge in [0, 0.05) is 42.4 Å². The molecule has 0 unspecified atom stereocenters. The van der Waals surface area contributed by atoms with E-state index in [4.69, 9.17) is 4.42 Å². The van der Waals surface area contributed by atoms with Gasteiger partial charge in [0.15, 0.2) is 5.76 Å². The number of fused-ring (bicyclic) bond motifs is 2. The van der Waals surface area contributed by atoms with Crippen molar-refractivity contribution in [1.29, 1.82) is 0 Å². The van der Waals surface area contributed by atoms with Gasteiger partial charge >= 0.3 is 0 Å². The number of furan rings is 1. The Kier molecular flexibility index (Phi) is 2.99. The van der Waals surface area contributed by atoms with Gasteiger partial charge in [-0.1, -0.05) is 18.2 Å². The van der Waals surface area contributed by atoms with Crippen LogP contribution in [0.25, 0.3) is 11.0 Å². The van der Waals surface area contributed by atoms with E-state index in [-0.39, 0.29) is 11.9 Å². The minimum absolute atomic E-state index is 0.113. The molecule has 1 aliphatic heterocycles. The number of hydrogen-bond donors (Lipinski definition) is 1. The standard InChI is InChI=1S/C17H17N3O2/c1-11-13-4-2-3-5-14(13)22-16(11)17(21)19-12-6-7-15-18-8-9-20(15)10-12/h2-5,8-9,12H,6-7,10H2,1H3,(H,19,21)/t12-/m1/s1. The Bertz CT molecular complexity index is 847. The van der Waals surface area contributed by atoms with Crippen molar-refractivity contribution >= 4 is 16.9 Å². The molecule has 0 fully saturated rings. The highest BCUT2D eigenvalue weighted by molar-refractivity contribution is 5.99. The minimum atomic E-state index is -0.137. The second kappa shape index (κ2) is 5.02. The lowest BCUT2D eigenvalue weighted by Crippen LogP contribution is -2.40. The van der Waals surface area contributed by atoms with E-state index in [2.05, 4.69) is 14.9 Å². The molecular weight excluding hydrogens is 278 g/mol. The van der Waals surface area contributed by atoms with Crippen molar-refractivity contribution in [2.24, 2.45) is 0 Å². The molecule has 0 radical (unpaired) electrons. The van der Waals surface area contributed by atoms with Crippen molar-refractivity contribution in [2.75, 3.05) is 0 Å². The van der Waals surface area contributed by atoms with Crippen molar-refractivity contribution < 1.29 is 9.21 Å². The van der Waals surface area contributed by atoms with Gasteiger partial charge in [0.2, 0.25) is 0 Å². The summed E-state index contributed by atoms with van der Waals surface area (Å²) >= 11 is 0. The van der Waals surface area contributed by atoms with Crippen molar-refractivity contribution in [2.45, 2.75) is 32.4 Å². The number of para-hydroxylation sites is 1. The molecule has 5 heteroatoms. The Labute approximate surface area is 127 Å². The molecule has 1 N–H and O–H groups in total. The quantitative estimate of drug-likeness (QED) is 0.790. The molecule has 1 amide bonds. The zero-order valence-electron chi connectivity index (χ0n) is 12.4. The SMILES string of the molecule is Cc1c(C(=O)N[C@@H]2CCc3nccn3C2)oc2ccccc12. The lowest BCUT2D eigenvalue weighted by atomic mass is 10.1. The topological polar surface area (TPSA) is 60.1 Å². The maximum atomic E-state index is 12.5. The number of nitrogens with one attached hydrogen (secondary N) is 1. The van der Waals surface area contributed by atoms with Crippen LogP contribution in [0.5, 0.6) is 0 Å². The number of hydrogen-bond acceptors (Lipinski definition) is 3. The third-order valence-corrected chi connectivity index (χ3v) is 4.32. The number of imidazole rings is 1. The van der Waals surface area contributed by atoms with Gasteiger partial charge in [-0.2, -0.15) is 0 Å². The number of aryl methyl sites for hydroxylation is 2. The van der Waals surface area contributed by atoms with E-state index in [1.807, 2.05) is 43.6 Å². The molecule has 0 saturated carbocycles. The second-order valence-corrected chi connectivity index (χ2v) is 5.76. The average Bonchev–Trinajstić information content (AvgIpc) is 3.12. The van der Waals surface area contributed by atoms with Crippen molar-refractivity contribution in [3.05, 3.63) is 53.8 Å². The predicted octanol–water partition coefficient (Wildman–Crippen LogP) is 2.68. The molecule has 5 nitrogen and oxygen atoms in total. The predicted molar refractivity (Wildman–Crippen MR) is 82.8 cm³/mol. The number of carbonyl (C=O) groups excluding carboxylic acids is 1. The van der Waals surface area contributed by atoms with Gasteiger partial charge in [0.25, 0.3) is 5.91 Å². The highest BCUT2D eigenvalue weighted by Crippen LogP contribution is 2.25. The van der Waals surface area contributed by atoms with Gasteiger partial charge < -0.3 is 14.3 Å². The number of rotatable bonds is 2. The van der Waals surface area contributed by atoms with Gasteiger partial charge in [-0.05, 0) is 19.4 Å². The highest BCUT2D eigenvalue weighted by atomic mass is 16.3. The summed E-state index contributed by atoms with van der Waals surface area (Å²) in [6, 6.07) is 7.84. The van der Waals surface area contributed by atoms with Crippen LogP contribution in [0.2, 0.25) is 0 Å². The van der Waals surface area contributed by atoms with Crippen LogP contribution in [0.3, 0.4) is 0 Å². The zero-order valence-corrected chi connectivity index (χ0v) is 12.4. The molecule has 3 aromatic rings. The monoisotopic (exact) mass is 295 g/mol. The summed E-state index contributed by atoms with van der Waals surface area (Å²) in [6.45, 7) is 2.69. The van der Waals surface area contributed by atoms with E-state index in [1.54, 1.807) is 0 Å². The van der Waals surface area contributed by atoms with Gasteiger partial charge in [-0.15, -0.1) is 0 Å². The lowest BCUT2D eigenvalue weighted by Gasteiger charge is -2.24. The number of carbonyl (C=O) groups is 1. The molecule has 0 bridgehead atoms. The van der Waals surface area contributed by atoms with E-state index in [0.29, 0.717) is 5.76 Å². The molecule has 112 valence electrons. The summed E-state index contributed by atoms with van der Waals surface area (Å²) in [6.07, 6.45) is 5.56. The Balaban J connectivity index is 1.56. The molecule has 1 aromatic carbocycles. The number of benzene rings is 1. The minimum Gasteiger partial charge on any atom is -0.451 e. The normalized spacial score (nSPS) is 17.4. The lowest BCUT2D eigenvalue weighted by molar-refractivity contribution is 0.0900. The highest BCUT2D eigenvalue weighted by Gasteiger charge is 2.24. The summed E-state index contributed by atoms with van der Waals surface area (Å²) in [5.41, 5.74) is 1.65. The van der Waals surface area contributed by atoms with Crippen LogP contribution < -0.4 is 5.32 Å². The molecule has 3 heterocycles. The molecule has 0 aliphatic carbocycles. The van der Waals surface area contributed by atoms with Crippen LogP contribution in [-0.2, 0) is 13.0 Å². The first-order chi connectivity index (χ1) is 10.7. The first-order valence-electron chi connectivity index (χ1n) is 7.51. The Morgan fingerprint density at radius 2 is 2.27 bits per heavy atom. The van der Waals surface area contributed by atoms with Crippen LogP contribution in [0.1, 0.15) is 28.4 Å². The summed E-state index contributed by atoms with van der Waals surface area (Å²) in [5, 5.41) is 4.08. The van der Waals surface area contributed by atoms with Gasteiger partial charge in [-0.3, -0.25) is 4.79 Å². The molecule has 0 saturated heterocycles. The van der Waals surface area contributed by atoms with Crippen molar-refractivity contribution in [3.63, 3.8) is 0 Å². The summed E-state index contributed by atoms with van der Waals surface area (Å²) < 4.78 is 7.82. The van der Waals surface area contributed by atoms with Crippen LogP contribution in [-0.4, -0.2) is 21.5 Å². The molecule has 1 aliphatic rings. The molecular formula is C17H17N3O2. The van der Waals surface area contributed by atoms with Crippen molar-refractivity contribution in [1.82, 2.24) is 14.9 Å². The molecule has 1 atom stereocenters. The average molecular weight is 295 g/mol. The van der Waals surface area contributed by atoms with Gasteiger partial charge in [0.05, 0.1) is 0 Å². The molecule has 2 aromatic heterocycles. The Morgan fingerprint density at radius 1 is 1.41 bits per heavy atom. The van der Waals surface area contributed by atoms with Gasteiger partial charge in [-0.25, -0.2) is 4.98 Å². The second-order valence-electron chi connectivity index (χ2n) is 5.76. The molecule has 22 heavy (non-hydrogen) atoms. The summed E-state index contributed by atoms with van der Waals surface area (Å²) in [4.78, 5) is 16.8. The summed E-state index contributed by atoms with van der Waals surface area (Å²) in [5.74, 6) is 1.37. The number of aromatic nitrogens is 2. The maximum absolute atomic E-state index is 12.5. The fourth-order valence-corrected chi connectivity index (χ4v) is 3.13. The van der Waals surface area contributed by atoms with E-state index in [9.17, 15) is 4.79 Å². The third-order valence-electron chi connectivity index (χ3n) is 4.32. The van der Waals surface area contributed by atoms with Crippen LogP contribution in [0, 0.1) is 6.92 Å². The van der Waals surface area contributed by atoms with Crippen LogP contribution in [0.15, 0.2) is 41.1 Å². The molecule has 0 spiro atoms. The van der Waals surface area contributed by atoms with E-state index in [0.717, 1.165) is 41.7 Å². The zero-order chi connectivity index (χ0) is 15.1. The van der Waals surface area contributed by atoms with Crippen LogP contribution in [0.4, 0.5) is 0 Å². The number of amides is 1. The first-order valence-corrected chi connectivity index (χ1v) is 7.51. The summed E-state index contributed by atoms with van der Waals surface area (Å²) in [7, 11) is 0. The van der Waals surface area contributed by atoms with E-state index in [1.165, 1.54) is 0 Å². The Hall–Kier alpha value is -2.56. The van der Waals surface area contributed by atoms with E-state index >= 15 is 0 Å². The first kappa shape index (κ1) is 13.1. The third kappa shape index (κ3) is 2.09. The van der Waals surface area contributed by atoms with Gasteiger partial charge in [0.1, 0.15) is 11.4 Å². The number of nitrogens with zero attached hydrogens (tertiary/aromatic N) is 2. The maximum Gasteiger partial charge on any atom is 0.287 e. The van der Waals surface area contributed by atoms with Crippen molar-refractivity contribution in [3.8, 4) is 0 Å². The Morgan fingerprint density at radius 3 is 3.14 bits per heavy atom. The van der Waals surface area contributed by atoms with E-state index < -0.39 is 0 Å². The fraction of sp³-hybridized carbons (Fsp3) is 0.294.